The van der Waals surface area contributed by atoms with Crippen molar-refractivity contribution in [3.05, 3.63) is 23.8 Å². The summed E-state index contributed by atoms with van der Waals surface area (Å²) in [5, 5.41) is 3.38. The Hall–Kier alpha value is -1.22. The van der Waals surface area contributed by atoms with Crippen LogP contribution in [0.15, 0.2) is 18.2 Å². The van der Waals surface area contributed by atoms with Gasteiger partial charge in [0.25, 0.3) is 0 Å². The van der Waals surface area contributed by atoms with E-state index < -0.39 is 0 Å². The first-order valence-electron chi connectivity index (χ1n) is 7.51. The van der Waals surface area contributed by atoms with Gasteiger partial charge in [-0.05, 0) is 57.8 Å². The molecule has 2 aliphatic rings. The van der Waals surface area contributed by atoms with Crippen LogP contribution in [-0.2, 0) is 6.42 Å². The Kier molecular flexibility index (Phi) is 3.65. The fourth-order valence-corrected chi connectivity index (χ4v) is 3.10. The van der Waals surface area contributed by atoms with E-state index in [1.807, 2.05) is 0 Å². The van der Waals surface area contributed by atoms with Crippen molar-refractivity contribution < 1.29 is 4.74 Å². The summed E-state index contributed by atoms with van der Waals surface area (Å²) >= 11 is 0. The lowest BCUT2D eigenvalue weighted by Crippen LogP contribution is -2.34. The Morgan fingerprint density at radius 3 is 2.79 bits per heavy atom. The van der Waals surface area contributed by atoms with Gasteiger partial charge in [-0.2, -0.15) is 0 Å². The van der Waals surface area contributed by atoms with E-state index in [0.717, 1.165) is 38.2 Å². The van der Waals surface area contributed by atoms with Crippen molar-refractivity contribution >= 4 is 5.69 Å². The molecule has 19 heavy (non-hydrogen) atoms. The van der Waals surface area contributed by atoms with Crippen molar-refractivity contribution in [1.82, 2.24) is 5.32 Å². The molecule has 1 N–H and O–H groups in total. The average Bonchev–Trinajstić information content (AvgIpc) is 2.83. The van der Waals surface area contributed by atoms with Gasteiger partial charge in [0.1, 0.15) is 11.9 Å². The van der Waals surface area contributed by atoms with Gasteiger partial charge in [0, 0.05) is 24.3 Å². The molecule has 1 saturated heterocycles. The first kappa shape index (κ1) is 12.8. The highest BCUT2D eigenvalue weighted by Crippen LogP contribution is 2.33. The zero-order chi connectivity index (χ0) is 13.2. The van der Waals surface area contributed by atoms with Crippen LogP contribution in [0.5, 0.6) is 5.75 Å². The van der Waals surface area contributed by atoms with E-state index in [1.54, 1.807) is 0 Å². The van der Waals surface area contributed by atoms with E-state index in [1.165, 1.54) is 17.7 Å². The van der Waals surface area contributed by atoms with Gasteiger partial charge in [-0.15, -0.1) is 0 Å². The molecular formula is C16H24N2O. The lowest BCUT2D eigenvalue weighted by atomic mass is 10.1. The van der Waals surface area contributed by atoms with Crippen LogP contribution in [0.2, 0.25) is 0 Å². The number of hydrogen-bond donors (Lipinski definition) is 1. The summed E-state index contributed by atoms with van der Waals surface area (Å²) in [5.41, 5.74) is 2.84. The van der Waals surface area contributed by atoms with Gasteiger partial charge in [0.2, 0.25) is 0 Å². The van der Waals surface area contributed by atoms with Crippen molar-refractivity contribution in [2.45, 2.75) is 45.3 Å². The second-order valence-corrected chi connectivity index (χ2v) is 5.89. The summed E-state index contributed by atoms with van der Waals surface area (Å²) in [7, 11) is 0. The molecule has 0 unspecified atom stereocenters. The van der Waals surface area contributed by atoms with E-state index in [-0.39, 0.29) is 0 Å². The van der Waals surface area contributed by atoms with Crippen molar-refractivity contribution in [1.29, 1.82) is 0 Å². The molecule has 0 aromatic heterocycles. The molecule has 104 valence electrons. The van der Waals surface area contributed by atoms with Gasteiger partial charge < -0.3 is 15.0 Å². The topological polar surface area (TPSA) is 24.5 Å². The van der Waals surface area contributed by atoms with Crippen LogP contribution in [0, 0.1) is 0 Å². The Bertz CT molecular complexity index is 438. The highest BCUT2D eigenvalue weighted by atomic mass is 16.5. The van der Waals surface area contributed by atoms with E-state index >= 15 is 0 Å². The van der Waals surface area contributed by atoms with Crippen molar-refractivity contribution in [3.63, 3.8) is 0 Å². The standard InChI is InChI=1S/C16H24N2O/c1-12(2)18-10-7-13-3-4-15(11-16(13)18)19-14-5-8-17-9-6-14/h3-4,11-12,14,17H,5-10H2,1-2H3. The number of hydrogen-bond acceptors (Lipinski definition) is 3. The maximum Gasteiger partial charge on any atom is 0.121 e. The minimum absolute atomic E-state index is 0.383. The second-order valence-electron chi connectivity index (χ2n) is 5.89. The number of piperidine rings is 1. The van der Waals surface area contributed by atoms with Crippen LogP contribution in [0.25, 0.3) is 0 Å². The van der Waals surface area contributed by atoms with E-state index in [0.29, 0.717) is 12.1 Å². The largest absolute Gasteiger partial charge is 0.490 e. The highest BCUT2D eigenvalue weighted by Gasteiger charge is 2.22. The number of nitrogens with one attached hydrogen (secondary N) is 1. The summed E-state index contributed by atoms with van der Waals surface area (Å²) in [6.07, 6.45) is 3.78. The van der Waals surface area contributed by atoms with E-state index in [9.17, 15) is 0 Å². The summed E-state index contributed by atoms with van der Waals surface area (Å²) in [4.78, 5) is 2.48. The average molecular weight is 260 g/mol. The predicted octanol–water partition coefficient (Wildman–Crippen LogP) is 2.59. The molecule has 3 rings (SSSR count). The van der Waals surface area contributed by atoms with Gasteiger partial charge >= 0.3 is 0 Å². The predicted molar refractivity (Wildman–Crippen MR) is 79.1 cm³/mol. The number of anilines is 1. The molecule has 1 fully saturated rings. The maximum atomic E-state index is 6.14. The van der Waals surface area contributed by atoms with Gasteiger partial charge in [0.15, 0.2) is 0 Å². The van der Waals surface area contributed by atoms with Gasteiger partial charge in [-0.3, -0.25) is 0 Å². The molecule has 3 heteroatoms. The molecule has 0 atom stereocenters. The van der Waals surface area contributed by atoms with E-state index in [4.69, 9.17) is 4.74 Å². The van der Waals surface area contributed by atoms with Crippen molar-refractivity contribution in [2.75, 3.05) is 24.5 Å². The Morgan fingerprint density at radius 1 is 1.26 bits per heavy atom. The number of benzene rings is 1. The quantitative estimate of drug-likeness (QED) is 0.904. The molecule has 1 aromatic rings. The molecule has 0 amide bonds. The number of ether oxygens (including phenoxy) is 1. The third kappa shape index (κ3) is 2.71. The van der Waals surface area contributed by atoms with Crippen molar-refractivity contribution in [2.24, 2.45) is 0 Å². The molecule has 0 aliphatic carbocycles. The maximum absolute atomic E-state index is 6.14. The SMILES string of the molecule is CC(C)N1CCc2ccc(OC3CCNCC3)cc21. The minimum atomic E-state index is 0.383. The number of nitrogens with zero attached hydrogens (tertiary/aromatic N) is 1. The van der Waals surface area contributed by atoms with Crippen LogP contribution in [0.4, 0.5) is 5.69 Å². The molecule has 1 aromatic carbocycles. The normalized spacial score (nSPS) is 19.8. The molecule has 0 radical (unpaired) electrons. The molecule has 0 saturated carbocycles. The molecule has 3 nitrogen and oxygen atoms in total. The zero-order valence-corrected chi connectivity index (χ0v) is 12.0. The highest BCUT2D eigenvalue weighted by molar-refractivity contribution is 5.61. The Balaban J connectivity index is 1.75. The van der Waals surface area contributed by atoms with Crippen LogP contribution in [-0.4, -0.2) is 31.8 Å². The molecular weight excluding hydrogens is 236 g/mol. The molecule has 2 heterocycles. The first-order chi connectivity index (χ1) is 9.24. The first-order valence-corrected chi connectivity index (χ1v) is 7.51. The third-order valence-corrected chi connectivity index (χ3v) is 4.20. The summed E-state index contributed by atoms with van der Waals surface area (Å²) in [6, 6.07) is 7.19. The molecule has 0 spiro atoms. The third-order valence-electron chi connectivity index (χ3n) is 4.20. The molecule has 2 aliphatic heterocycles. The minimum Gasteiger partial charge on any atom is -0.490 e. The van der Waals surface area contributed by atoms with Crippen LogP contribution in [0.1, 0.15) is 32.3 Å². The second kappa shape index (κ2) is 5.41. The fraction of sp³-hybridized carbons (Fsp3) is 0.625. The van der Waals surface area contributed by atoms with E-state index in [2.05, 4.69) is 42.3 Å². The summed E-state index contributed by atoms with van der Waals surface area (Å²) < 4.78 is 6.14. The fourth-order valence-electron chi connectivity index (χ4n) is 3.10. The number of rotatable bonds is 3. The molecule has 0 bridgehead atoms. The lowest BCUT2D eigenvalue weighted by Gasteiger charge is -2.26. The van der Waals surface area contributed by atoms with Gasteiger partial charge in [-0.1, -0.05) is 6.07 Å². The number of fused-ring (bicyclic) bond motifs is 1. The summed E-state index contributed by atoms with van der Waals surface area (Å²) in [5.74, 6) is 1.04. The van der Waals surface area contributed by atoms with Gasteiger partial charge in [-0.25, -0.2) is 0 Å². The Morgan fingerprint density at radius 2 is 2.05 bits per heavy atom. The van der Waals surface area contributed by atoms with Crippen LogP contribution < -0.4 is 15.0 Å². The summed E-state index contributed by atoms with van der Waals surface area (Å²) in [6.45, 7) is 7.82. The monoisotopic (exact) mass is 260 g/mol. The van der Waals surface area contributed by atoms with Crippen molar-refractivity contribution in [3.8, 4) is 5.75 Å². The smallest absolute Gasteiger partial charge is 0.121 e. The zero-order valence-electron chi connectivity index (χ0n) is 12.0. The van der Waals surface area contributed by atoms with Crippen LogP contribution in [0.3, 0.4) is 0 Å². The lowest BCUT2D eigenvalue weighted by molar-refractivity contribution is 0.162. The Labute approximate surface area is 115 Å². The van der Waals surface area contributed by atoms with Crippen LogP contribution >= 0.6 is 0 Å². The van der Waals surface area contributed by atoms with Gasteiger partial charge in [0.05, 0.1) is 0 Å².